The number of carbonyl (C=O) groups is 3. The molecule has 2 aliphatic rings. The Hall–Kier alpha value is -4.16. The Balaban J connectivity index is 1.96. The quantitative estimate of drug-likeness (QED) is 0.299. The highest BCUT2D eigenvalue weighted by molar-refractivity contribution is 6.69. The molecule has 33 heavy (non-hydrogen) atoms. The summed E-state index contributed by atoms with van der Waals surface area (Å²) in [5.41, 5.74) is 0.540. The van der Waals surface area contributed by atoms with E-state index in [1.54, 1.807) is 26.0 Å². The molecule has 1 amide bonds. The average molecular weight is 455 g/mol. The maximum Gasteiger partial charge on any atom is 0.344 e. The van der Waals surface area contributed by atoms with Crippen LogP contribution in [0.1, 0.15) is 32.8 Å². The predicted octanol–water partition coefficient (Wildman–Crippen LogP) is 2.56. The van der Waals surface area contributed by atoms with Crippen molar-refractivity contribution in [3.8, 4) is 5.75 Å². The number of hydrogen-bond donors (Lipinski definition) is 0. The molecule has 0 saturated heterocycles. The summed E-state index contributed by atoms with van der Waals surface area (Å²) in [6, 6.07) is 3.09. The summed E-state index contributed by atoms with van der Waals surface area (Å²) in [5, 5.41) is 18.6. The standard InChI is InChI=1S/C20H21N7O6/c1-4-9-33-13-8-7-11(23-24-15(19(29)31-5-2)20(30)32-6-3)10-12(13)16-21-17-14(18(28)22-16)25-27-26-17/h7-8,10,15H,4-6,9H2,1-3H3. The fourth-order valence-electron chi connectivity index (χ4n) is 2.66. The first-order valence-corrected chi connectivity index (χ1v) is 10.2. The number of aliphatic imine (C=N–C) groups is 2. The number of rotatable bonds is 10. The molecule has 0 N–H and O–H groups in total. The zero-order valence-corrected chi connectivity index (χ0v) is 18.2. The maximum atomic E-state index is 12.3. The predicted molar refractivity (Wildman–Crippen MR) is 115 cm³/mol. The summed E-state index contributed by atoms with van der Waals surface area (Å²) in [7, 11) is 0. The van der Waals surface area contributed by atoms with Crippen LogP contribution in [0.2, 0.25) is 0 Å². The molecule has 13 nitrogen and oxygen atoms in total. The van der Waals surface area contributed by atoms with Gasteiger partial charge in [0.2, 0.25) is 11.5 Å². The molecule has 0 radical (unpaired) electrons. The monoisotopic (exact) mass is 455 g/mol. The second kappa shape index (κ2) is 10.9. The highest BCUT2D eigenvalue weighted by atomic mass is 16.6. The van der Waals surface area contributed by atoms with E-state index in [2.05, 4.69) is 35.7 Å². The number of amides is 1. The Morgan fingerprint density at radius 2 is 1.76 bits per heavy atom. The van der Waals surface area contributed by atoms with Gasteiger partial charge in [0, 0.05) is 0 Å². The van der Waals surface area contributed by atoms with Crippen LogP contribution in [-0.4, -0.2) is 61.1 Å². The molecule has 0 atom stereocenters. The largest absolute Gasteiger partial charge is 0.493 e. The normalized spacial score (nSPS) is 14.7. The molecule has 1 aromatic rings. The molecule has 172 valence electrons. The third-order valence-corrected chi connectivity index (χ3v) is 4.09. The number of azo groups is 1. The molecule has 0 unspecified atom stereocenters. The van der Waals surface area contributed by atoms with Crippen molar-refractivity contribution in [2.75, 3.05) is 19.8 Å². The average Bonchev–Trinajstić information content (AvgIpc) is 3.28. The summed E-state index contributed by atoms with van der Waals surface area (Å²) >= 11 is 0. The van der Waals surface area contributed by atoms with Gasteiger partial charge in [-0.3, -0.25) is 4.79 Å². The zero-order chi connectivity index (χ0) is 23.8. The van der Waals surface area contributed by atoms with Gasteiger partial charge in [-0.15, -0.1) is 10.2 Å². The molecular weight excluding hydrogens is 434 g/mol. The lowest BCUT2D eigenvalue weighted by atomic mass is 10.1. The molecule has 2 heterocycles. The number of benzene rings is 1. The van der Waals surface area contributed by atoms with Gasteiger partial charge in [0.1, 0.15) is 5.75 Å². The van der Waals surface area contributed by atoms with E-state index in [1.165, 1.54) is 6.07 Å². The number of carbonyl (C=O) groups excluding carboxylic acids is 3. The van der Waals surface area contributed by atoms with Crippen molar-refractivity contribution in [2.45, 2.75) is 33.2 Å². The van der Waals surface area contributed by atoms with Gasteiger partial charge >= 0.3 is 17.8 Å². The Morgan fingerprint density at radius 3 is 2.42 bits per heavy atom. The van der Waals surface area contributed by atoms with Gasteiger partial charge in [0.15, 0.2) is 5.84 Å². The minimum absolute atomic E-state index is 0.0327. The van der Waals surface area contributed by atoms with E-state index in [0.717, 1.165) is 6.42 Å². The SMILES string of the molecule is CCCOc1ccc(N=NC(C(=O)OCC)C(=O)OCC)cc1C1=NC(=O)C2=NN=NC2=N1. The van der Waals surface area contributed by atoms with E-state index >= 15 is 0 Å². The second-order valence-corrected chi connectivity index (χ2v) is 6.47. The summed E-state index contributed by atoms with van der Waals surface area (Å²) in [5.74, 6) is -1.93. The molecule has 0 bridgehead atoms. The van der Waals surface area contributed by atoms with Gasteiger partial charge in [-0.05, 0) is 43.7 Å². The van der Waals surface area contributed by atoms with Crippen molar-refractivity contribution in [1.82, 2.24) is 0 Å². The minimum atomic E-state index is -1.57. The van der Waals surface area contributed by atoms with Crippen LogP contribution in [0.15, 0.2) is 53.9 Å². The van der Waals surface area contributed by atoms with Crippen LogP contribution < -0.4 is 4.74 Å². The number of nitrogens with zero attached hydrogens (tertiary/aromatic N) is 7. The van der Waals surface area contributed by atoms with Crippen LogP contribution in [0.5, 0.6) is 5.75 Å². The Bertz CT molecular complexity index is 1090. The van der Waals surface area contributed by atoms with Crippen LogP contribution in [0.4, 0.5) is 5.69 Å². The molecule has 1 aromatic carbocycles. The number of amidine groups is 2. The lowest BCUT2D eigenvalue weighted by molar-refractivity contribution is -0.156. The zero-order valence-electron chi connectivity index (χ0n) is 18.2. The van der Waals surface area contributed by atoms with Crippen LogP contribution in [0.3, 0.4) is 0 Å². The highest BCUT2D eigenvalue weighted by Gasteiger charge is 2.31. The Kier molecular flexibility index (Phi) is 7.78. The van der Waals surface area contributed by atoms with E-state index in [1.807, 2.05) is 6.92 Å². The first-order chi connectivity index (χ1) is 16.0. The van der Waals surface area contributed by atoms with Crippen molar-refractivity contribution in [1.29, 1.82) is 0 Å². The van der Waals surface area contributed by atoms with E-state index in [0.29, 0.717) is 17.9 Å². The van der Waals surface area contributed by atoms with Crippen LogP contribution in [0.25, 0.3) is 0 Å². The van der Waals surface area contributed by atoms with Gasteiger partial charge < -0.3 is 14.2 Å². The summed E-state index contributed by atoms with van der Waals surface area (Å²) < 4.78 is 15.5. The fraction of sp³-hybridized carbons (Fsp3) is 0.400. The Morgan fingerprint density at radius 1 is 1.03 bits per heavy atom. The first kappa shape index (κ1) is 23.5. The number of hydrogen-bond acceptors (Lipinski definition) is 12. The topological polar surface area (TPSA) is 165 Å². The first-order valence-electron chi connectivity index (χ1n) is 10.2. The molecule has 0 aliphatic carbocycles. The van der Waals surface area contributed by atoms with Crippen molar-refractivity contribution in [2.24, 2.45) is 35.7 Å². The molecule has 13 heteroatoms. The smallest absolute Gasteiger partial charge is 0.344 e. The summed E-state index contributed by atoms with van der Waals surface area (Å²) in [6.07, 6.45) is 0.743. The van der Waals surface area contributed by atoms with E-state index in [-0.39, 0.29) is 36.3 Å². The number of ether oxygens (including phenoxy) is 3. The molecule has 3 rings (SSSR count). The molecular formula is C20H21N7O6. The molecule has 0 saturated carbocycles. The molecule has 0 spiro atoms. The lowest BCUT2D eigenvalue weighted by Gasteiger charge is -2.13. The Labute approximate surface area is 188 Å². The van der Waals surface area contributed by atoms with E-state index in [4.69, 9.17) is 14.2 Å². The van der Waals surface area contributed by atoms with Crippen molar-refractivity contribution in [3.05, 3.63) is 23.8 Å². The molecule has 0 fully saturated rings. The van der Waals surface area contributed by atoms with Gasteiger partial charge in [-0.1, -0.05) is 6.92 Å². The minimum Gasteiger partial charge on any atom is -0.493 e. The number of esters is 2. The third-order valence-electron chi connectivity index (χ3n) is 4.09. The van der Waals surface area contributed by atoms with Crippen LogP contribution in [-0.2, 0) is 23.9 Å². The van der Waals surface area contributed by atoms with Crippen molar-refractivity contribution >= 4 is 40.9 Å². The van der Waals surface area contributed by atoms with Gasteiger partial charge in [0.05, 0.1) is 31.1 Å². The van der Waals surface area contributed by atoms with Gasteiger partial charge in [-0.25, -0.2) is 14.6 Å². The highest BCUT2D eigenvalue weighted by Crippen LogP contribution is 2.28. The van der Waals surface area contributed by atoms with Crippen molar-refractivity contribution < 1.29 is 28.6 Å². The lowest BCUT2D eigenvalue weighted by Crippen LogP contribution is -2.31. The summed E-state index contributed by atoms with van der Waals surface area (Å²) in [4.78, 5) is 44.6. The van der Waals surface area contributed by atoms with Gasteiger partial charge in [0.25, 0.3) is 6.04 Å². The fourth-order valence-corrected chi connectivity index (χ4v) is 2.66. The van der Waals surface area contributed by atoms with Crippen LogP contribution in [0, 0.1) is 0 Å². The molecule has 0 aromatic heterocycles. The van der Waals surface area contributed by atoms with Gasteiger partial charge in [-0.2, -0.15) is 15.2 Å². The van der Waals surface area contributed by atoms with Crippen LogP contribution >= 0.6 is 0 Å². The van der Waals surface area contributed by atoms with E-state index in [9.17, 15) is 14.4 Å². The summed E-state index contributed by atoms with van der Waals surface area (Å²) in [6.45, 7) is 5.69. The molecule has 2 aliphatic heterocycles. The number of fused-ring (bicyclic) bond motifs is 1. The maximum absolute atomic E-state index is 12.3. The second-order valence-electron chi connectivity index (χ2n) is 6.47. The third kappa shape index (κ3) is 5.56. The van der Waals surface area contributed by atoms with Crippen molar-refractivity contribution in [3.63, 3.8) is 0 Å². The van der Waals surface area contributed by atoms with E-state index < -0.39 is 23.9 Å².